The van der Waals surface area contributed by atoms with Crippen molar-refractivity contribution in [2.24, 2.45) is 0 Å². The molecule has 0 aromatic heterocycles. The molecule has 2 nitrogen and oxygen atoms in total. The molecule has 0 amide bonds. The Morgan fingerprint density at radius 2 is 1.70 bits per heavy atom. The van der Waals surface area contributed by atoms with E-state index in [4.69, 9.17) is 11.6 Å². The highest BCUT2D eigenvalue weighted by Crippen LogP contribution is 2.21. The summed E-state index contributed by atoms with van der Waals surface area (Å²) in [4.78, 5) is 0. The van der Waals surface area contributed by atoms with Crippen LogP contribution in [-0.2, 0) is 6.42 Å². The van der Waals surface area contributed by atoms with Crippen molar-refractivity contribution in [3.63, 3.8) is 0 Å². The SMILES string of the molecule is Cc1ccc(NC(C)(C#N)Cc2ccc(Cl)cc2)cc1. The molecule has 0 saturated carbocycles. The summed E-state index contributed by atoms with van der Waals surface area (Å²) >= 11 is 5.88. The van der Waals surface area contributed by atoms with Crippen LogP contribution < -0.4 is 5.32 Å². The van der Waals surface area contributed by atoms with Crippen LogP contribution in [0, 0.1) is 18.3 Å². The largest absolute Gasteiger partial charge is 0.367 e. The second-order valence-electron chi connectivity index (χ2n) is 5.24. The zero-order valence-corrected chi connectivity index (χ0v) is 12.4. The Hall–Kier alpha value is -1.98. The molecule has 0 bridgehead atoms. The summed E-state index contributed by atoms with van der Waals surface area (Å²) in [5, 5.41) is 13.5. The van der Waals surface area contributed by atoms with Crippen molar-refractivity contribution in [1.29, 1.82) is 5.26 Å². The van der Waals surface area contributed by atoms with E-state index in [2.05, 4.69) is 11.4 Å². The van der Waals surface area contributed by atoms with Gasteiger partial charge in [-0.25, -0.2) is 0 Å². The van der Waals surface area contributed by atoms with Crippen molar-refractivity contribution in [3.8, 4) is 6.07 Å². The number of hydrogen-bond acceptors (Lipinski definition) is 2. The number of anilines is 1. The molecule has 0 heterocycles. The summed E-state index contributed by atoms with van der Waals surface area (Å²) < 4.78 is 0. The normalized spacial score (nSPS) is 13.3. The Kier molecular flexibility index (Phi) is 4.32. The molecule has 102 valence electrons. The van der Waals surface area contributed by atoms with E-state index in [0.717, 1.165) is 11.3 Å². The summed E-state index contributed by atoms with van der Waals surface area (Å²) in [5.41, 5.74) is 2.59. The summed E-state index contributed by atoms with van der Waals surface area (Å²) in [6.45, 7) is 3.95. The van der Waals surface area contributed by atoms with E-state index < -0.39 is 5.54 Å². The Labute approximate surface area is 125 Å². The van der Waals surface area contributed by atoms with Gasteiger partial charge >= 0.3 is 0 Å². The van der Waals surface area contributed by atoms with Gasteiger partial charge in [0, 0.05) is 17.1 Å². The second kappa shape index (κ2) is 5.98. The Morgan fingerprint density at radius 3 is 2.25 bits per heavy atom. The first-order valence-electron chi connectivity index (χ1n) is 6.51. The average molecular weight is 285 g/mol. The van der Waals surface area contributed by atoms with E-state index in [1.807, 2.05) is 62.4 Å². The Bertz CT molecular complexity index is 561. The van der Waals surface area contributed by atoms with Crippen molar-refractivity contribution in [2.75, 3.05) is 5.32 Å². The molecule has 0 aliphatic rings. The van der Waals surface area contributed by atoms with E-state index in [9.17, 15) is 5.26 Å². The summed E-state index contributed by atoms with van der Waals surface area (Å²) in [5.74, 6) is 0. The highest BCUT2D eigenvalue weighted by atomic mass is 35.5. The number of aryl methyl sites for hydroxylation is 1. The maximum Gasteiger partial charge on any atom is 0.126 e. The fourth-order valence-corrected chi connectivity index (χ4v) is 2.20. The first-order valence-corrected chi connectivity index (χ1v) is 6.89. The van der Waals surface area contributed by atoms with Crippen molar-refractivity contribution in [1.82, 2.24) is 0 Å². The zero-order valence-electron chi connectivity index (χ0n) is 11.7. The molecule has 3 heteroatoms. The monoisotopic (exact) mass is 284 g/mol. The van der Waals surface area contributed by atoms with Gasteiger partial charge in [-0.1, -0.05) is 41.4 Å². The minimum Gasteiger partial charge on any atom is -0.367 e. The number of halogens is 1. The van der Waals surface area contributed by atoms with Crippen molar-refractivity contribution >= 4 is 17.3 Å². The van der Waals surface area contributed by atoms with Gasteiger partial charge in [0.2, 0.25) is 0 Å². The predicted molar refractivity (Wildman–Crippen MR) is 84.0 cm³/mol. The molecule has 0 fully saturated rings. The highest BCUT2D eigenvalue weighted by molar-refractivity contribution is 6.30. The van der Waals surface area contributed by atoms with Crippen LogP contribution in [0.25, 0.3) is 0 Å². The molecular formula is C17H17ClN2. The molecule has 2 aromatic rings. The number of nitrogens with one attached hydrogen (secondary N) is 1. The van der Waals surface area contributed by atoms with Crippen LogP contribution in [0.2, 0.25) is 5.02 Å². The third kappa shape index (κ3) is 3.76. The topological polar surface area (TPSA) is 35.8 Å². The van der Waals surface area contributed by atoms with Crippen LogP contribution in [0.3, 0.4) is 0 Å². The molecule has 20 heavy (non-hydrogen) atoms. The lowest BCUT2D eigenvalue weighted by Gasteiger charge is -2.25. The van der Waals surface area contributed by atoms with Crippen LogP contribution >= 0.6 is 11.6 Å². The molecule has 1 unspecified atom stereocenters. The predicted octanol–water partition coefficient (Wildman–Crippen LogP) is 4.59. The lowest BCUT2D eigenvalue weighted by atomic mass is 9.94. The molecule has 0 aliphatic carbocycles. The zero-order chi connectivity index (χ0) is 14.6. The fourth-order valence-electron chi connectivity index (χ4n) is 2.08. The third-order valence-corrected chi connectivity index (χ3v) is 3.44. The van der Waals surface area contributed by atoms with Gasteiger partial charge < -0.3 is 5.32 Å². The number of benzene rings is 2. The van der Waals surface area contributed by atoms with E-state index in [1.54, 1.807) is 0 Å². The molecule has 1 atom stereocenters. The minimum absolute atomic E-state index is 0.620. The van der Waals surface area contributed by atoms with Crippen LogP contribution in [0.15, 0.2) is 48.5 Å². The van der Waals surface area contributed by atoms with E-state index >= 15 is 0 Å². The summed E-state index contributed by atoms with van der Waals surface area (Å²) in [7, 11) is 0. The number of nitriles is 1. The summed E-state index contributed by atoms with van der Waals surface area (Å²) in [6, 6.07) is 18.0. The Morgan fingerprint density at radius 1 is 1.10 bits per heavy atom. The number of nitrogens with zero attached hydrogens (tertiary/aromatic N) is 1. The van der Waals surface area contributed by atoms with Gasteiger partial charge in [0.25, 0.3) is 0 Å². The lowest BCUT2D eigenvalue weighted by molar-refractivity contribution is 0.646. The van der Waals surface area contributed by atoms with Crippen LogP contribution in [0.5, 0.6) is 0 Å². The van der Waals surface area contributed by atoms with Crippen LogP contribution in [0.4, 0.5) is 5.69 Å². The molecule has 2 aromatic carbocycles. The van der Waals surface area contributed by atoms with Crippen molar-refractivity contribution in [3.05, 3.63) is 64.7 Å². The maximum atomic E-state index is 9.48. The molecular weight excluding hydrogens is 268 g/mol. The van der Waals surface area contributed by atoms with Crippen LogP contribution in [-0.4, -0.2) is 5.54 Å². The molecule has 0 radical (unpaired) electrons. The second-order valence-corrected chi connectivity index (χ2v) is 5.67. The average Bonchev–Trinajstić information content (AvgIpc) is 2.44. The molecule has 0 aliphatic heterocycles. The van der Waals surface area contributed by atoms with Crippen LogP contribution in [0.1, 0.15) is 18.1 Å². The first kappa shape index (κ1) is 14.4. The maximum absolute atomic E-state index is 9.48. The first-order chi connectivity index (χ1) is 9.50. The third-order valence-electron chi connectivity index (χ3n) is 3.19. The van der Waals surface area contributed by atoms with E-state index in [0.29, 0.717) is 11.4 Å². The minimum atomic E-state index is -0.650. The van der Waals surface area contributed by atoms with Gasteiger partial charge in [-0.05, 0) is 43.7 Å². The van der Waals surface area contributed by atoms with Crippen molar-refractivity contribution < 1.29 is 0 Å². The number of hydrogen-bond donors (Lipinski definition) is 1. The number of rotatable bonds is 4. The van der Waals surface area contributed by atoms with Gasteiger partial charge in [0.15, 0.2) is 0 Å². The lowest BCUT2D eigenvalue weighted by Crippen LogP contribution is -2.35. The molecule has 0 spiro atoms. The Balaban J connectivity index is 2.14. The summed E-state index contributed by atoms with van der Waals surface area (Å²) in [6.07, 6.45) is 0.620. The fraction of sp³-hybridized carbons (Fsp3) is 0.235. The molecule has 1 N–H and O–H groups in total. The van der Waals surface area contributed by atoms with Crippen molar-refractivity contribution in [2.45, 2.75) is 25.8 Å². The van der Waals surface area contributed by atoms with Gasteiger partial charge in [0.05, 0.1) is 6.07 Å². The molecule has 2 rings (SSSR count). The molecule has 0 saturated heterocycles. The van der Waals surface area contributed by atoms with E-state index in [1.165, 1.54) is 5.56 Å². The van der Waals surface area contributed by atoms with E-state index in [-0.39, 0.29) is 0 Å². The van der Waals surface area contributed by atoms with Gasteiger partial charge in [0.1, 0.15) is 5.54 Å². The van der Waals surface area contributed by atoms with Gasteiger partial charge in [-0.3, -0.25) is 0 Å². The quantitative estimate of drug-likeness (QED) is 0.891. The highest BCUT2D eigenvalue weighted by Gasteiger charge is 2.24. The van der Waals surface area contributed by atoms with Gasteiger partial charge in [-0.2, -0.15) is 5.26 Å². The van der Waals surface area contributed by atoms with Gasteiger partial charge in [-0.15, -0.1) is 0 Å². The standard InChI is InChI=1S/C17H17ClN2/c1-13-3-9-16(10-4-13)20-17(2,12-19)11-14-5-7-15(18)8-6-14/h3-10,20H,11H2,1-2H3. The smallest absolute Gasteiger partial charge is 0.126 e.